The van der Waals surface area contributed by atoms with Crippen molar-refractivity contribution < 1.29 is 14.3 Å². The quantitative estimate of drug-likeness (QED) is 0.765. The molecule has 0 aromatic heterocycles. The number of para-hydroxylation sites is 1. The highest BCUT2D eigenvalue weighted by molar-refractivity contribution is 5.98. The van der Waals surface area contributed by atoms with E-state index in [1.54, 1.807) is 31.2 Å². The topological polar surface area (TPSA) is 55.4 Å². The van der Waals surface area contributed by atoms with Gasteiger partial charge in [0, 0.05) is 13.0 Å². The second-order valence-electron chi connectivity index (χ2n) is 3.52. The minimum absolute atomic E-state index is 0.0106. The minimum Gasteiger partial charge on any atom is -0.483 e. The lowest BCUT2D eigenvalue weighted by molar-refractivity contribution is -0.122. The van der Waals surface area contributed by atoms with Gasteiger partial charge in [-0.1, -0.05) is 19.1 Å². The summed E-state index contributed by atoms with van der Waals surface area (Å²) < 4.78 is 5.34. The number of ketones is 1. The van der Waals surface area contributed by atoms with Gasteiger partial charge in [-0.05, 0) is 19.1 Å². The van der Waals surface area contributed by atoms with Crippen LogP contribution in [0, 0.1) is 0 Å². The number of benzene rings is 1. The van der Waals surface area contributed by atoms with Gasteiger partial charge in [-0.2, -0.15) is 0 Å². The van der Waals surface area contributed by atoms with E-state index in [2.05, 4.69) is 5.32 Å². The second-order valence-corrected chi connectivity index (χ2v) is 3.52. The van der Waals surface area contributed by atoms with E-state index < -0.39 is 0 Å². The molecule has 4 heteroatoms. The fraction of sp³-hybridized carbons (Fsp3) is 0.385. The highest BCUT2D eigenvalue weighted by Gasteiger charge is 2.10. The van der Waals surface area contributed by atoms with Crippen molar-refractivity contribution in [1.29, 1.82) is 0 Å². The molecule has 1 aromatic rings. The van der Waals surface area contributed by atoms with E-state index in [0.717, 1.165) is 0 Å². The molecule has 0 aliphatic rings. The largest absolute Gasteiger partial charge is 0.483 e. The van der Waals surface area contributed by atoms with Gasteiger partial charge in [-0.3, -0.25) is 9.59 Å². The summed E-state index contributed by atoms with van der Waals surface area (Å²) >= 11 is 0. The Morgan fingerprint density at radius 1 is 1.24 bits per heavy atom. The number of ether oxygens (including phenoxy) is 1. The third kappa shape index (κ3) is 3.90. The third-order valence-corrected chi connectivity index (χ3v) is 2.24. The molecular formula is C13H17NO3. The maximum absolute atomic E-state index is 11.6. The molecule has 0 atom stereocenters. The Labute approximate surface area is 101 Å². The summed E-state index contributed by atoms with van der Waals surface area (Å²) in [4.78, 5) is 22.9. The molecule has 1 aromatic carbocycles. The van der Waals surface area contributed by atoms with Gasteiger partial charge >= 0.3 is 0 Å². The summed E-state index contributed by atoms with van der Waals surface area (Å²) in [5.74, 6) is 0.286. The van der Waals surface area contributed by atoms with Gasteiger partial charge in [0.1, 0.15) is 5.75 Å². The van der Waals surface area contributed by atoms with Crippen LogP contribution in [-0.4, -0.2) is 24.8 Å². The fourth-order valence-electron chi connectivity index (χ4n) is 1.40. The molecule has 1 N–H and O–H groups in total. The zero-order valence-electron chi connectivity index (χ0n) is 10.2. The second kappa shape index (κ2) is 6.68. The Bertz CT molecular complexity index is 401. The lowest BCUT2D eigenvalue weighted by atomic mass is 10.1. The van der Waals surface area contributed by atoms with Gasteiger partial charge in [-0.15, -0.1) is 0 Å². The molecule has 0 aliphatic carbocycles. The average molecular weight is 235 g/mol. The van der Waals surface area contributed by atoms with Crippen LogP contribution in [0.2, 0.25) is 0 Å². The first kappa shape index (κ1) is 13.2. The number of amides is 1. The predicted octanol–water partition coefficient (Wildman–Crippen LogP) is 1.79. The Morgan fingerprint density at radius 2 is 1.94 bits per heavy atom. The summed E-state index contributed by atoms with van der Waals surface area (Å²) in [6, 6.07) is 6.96. The van der Waals surface area contributed by atoms with Gasteiger partial charge in [0.15, 0.2) is 12.4 Å². The van der Waals surface area contributed by atoms with Crippen LogP contribution in [0.15, 0.2) is 24.3 Å². The first-order valence-electron chi connectivity index (χ1n) is 5.70. The first-order chi connectivity index (χ1) is 8.19. The lowest BCUT2D eigenvalue weighted by Gasteiger charge is -2.09. The molecule has 17 heavy (non-hydrogen) atoms. The molecule has 1 amide bonds. The number of carbonyl (C=O) groups is 2. The van der Waals surface area contributed by atoms with Crippen LogP contribution in [0.4, 0.5) is 0 Å². The standard InChI is InChI=1S/C13H17NO3/c1-3-11(15)10-7-5-6-8-12(10)17-9-13(16)14-4-2/h5-8H,3-4,9H2,1-2H3,(H,14,16). The Kier molecular flexibility index (Phi) is 5.20. The molecule has 0 saturated heterocycles. The molecule has 0 fully saturated rings. The van der Waals surface area contributed by atoms with Crippen molar-refractivity contribution in [2.24, 2.45) is 0 Å². The molecule has 4 nitrogen and oxygen atoms in total. The molecular weight excluding hydrogens is 218 g/mol. The number of Topliss-reactive ketones (excluding diaryl/α,β-unsaturated/α-hetero) is 1. The first-order valence-corrected chi connectivity index (χ1v) is 5.70. The van der Waals surface area contributed by atoms with E-state index in [1.807, 2.05) is 6.92 Å². The van der Waals surface area contributed by atoms with Crippen LogP contribution in [0.25, 0.3) is 0 Å². The summed E-state index contributed by atoms with van der Waals surface area (Å²) in [7, 11) is 0. The monoisotopic (exact) mass is 235 g/mol. The van der Waals surface area contributed by atoms with Gasteiger partial charge in [0.25, 0.3) is 5.91 Å². The minimum atomic E-state index is -0.189. The zero-order chi connectivity index (χ0) is 12.7. The number of carbonyl (C=O) groups excluding carboxylic acids is 2. The van der Waals surface area contributed by atoms with Crippen molar-refractivity contribution in [3.05, 3.63) is 29.8 Å². The van der Waals surface area contributed by atoms with Gasteiger partial charge < -0.3 is 10.1 Å². The smallest absolute Gasteiger partial charge is 0.257 e. The van der Waals surface area contributed by atoms with Crippen molar-refractivity contribution in [2.45, 2.75) is 20.3 Å². The Balaban J connectivity index is 2.70. The molecule has 0 radical (unpaired) electrons. The highest BCUT2D eigenvalue weighted by Crippen LogP contribution is 2.19. The van der Waals surface area contributed by atoms with Crippen LogP contribution in [0.1, 0.15) is 30.6 Å². The van der Waals surface area contributed by atoms with Crippen molar-refractivity contribution >= 4 is 11.7 Å². The number of rotatable bonds is 6. The Hall–Kier alpha value is -1.84. The summed E-state index contributed by atoms with van der Waals surface area (Å²) in [5.41, 5.74) is 0.527. The average Bonchev–Trinajstić information content (AvgIpc) is 2.36. The molecule has 0 bridgehead atoms. The molecule has 92 valence electrons. The van der Waals surface area contributed by atoms with E-state index in [9.17, 15) is 9.59 Å². The van der Waals surface area contributed by atoms with Crippen LogP contribution >= 0.6 is 0 Å². The molecule has 1 rings (SSSR count). The van der Waals surface area contributed by atoms with Gasteiger partial charge in [0.05, 0.1) is 5.56 Å². The zero-order valence-corrected chi connectivity index (χ0v) is 10.2. The molecule has 0 aliphatic heterocycles. The van der Waals surface area contributed by atoms with E-state index in [0.29, 0.717) is 24.3 Å². The Morgan fingerprint density at radius 3 is 2.59 bits per heavy atom. The summed E-state index contributed by atoms with van der Waals surface area (Å²) in [6.45, 7) is 4.13. The summed E-state index contributed by atoms with van der Waals surface area (Å²) in [5, 5.41) is 2.63. The number of hydrogen-bond donors (Lipinski definition) is 1. The van der Waals surface area contributed by atoms with Crippen molar-refractivity contribution in [1.82, 2.24) is 5.32 Å². The van der Waals surface area contributed by atoms with Crippen LogP contribution in [0.3, 0.4) is 0 Å². The fourth-order valence-corrected chi connectivity index (χ4v) is 1.40. The maximum Gasteiger partial charge on any atom is 0.257 e. The van der Waals surface area contributed by atoms with Crippen molar-refractivity contribution in [3.8, 4) is 5.75 Å². The van der Waals surface area contributed by atoms with Gasteiger partial charge in [0.2, 0.25) is 0 Å². The van der Waals surface area contributed by atoms with E-state index >= 15 is 0 Å². The van der Waals surface area contributed by atoms with Crippen molar-refractivity contribution in [2.75, 3.05) is 13.2 Å². The van der Waals surface area contributed by atoms with Crippen LogP contribution in [0.5, 0.6) is 5.75 Å². The SMILES string of the molecule is CCNC(=O)COc1ccccc1C(=O)CC. The van der Waals surface area contributed by atoms with Crippen LogP contribution in [-0.2, 0) is 4.79 Å². The molecule has 0 saturated carbocycles. The summed E-state index contributed by atoms with van der Waals surface area (Å²) in [6.07, 6.45) is 0.418. The predicted molar refractivity (Wildman–Crippen MR) is 65.2 cm³/mol. The third-order valence-electron chi connectivity index (χ3n) is 2.24. The highest BCUT2D eigenvalue weighted by atomic mass is 16.5. The van der Waals surface area contributed by atoms with E-state index in [1.165, 1.54) is 0 Å². The van der Waals surface area contributed by atoms with Crippen molar-refractivity contribution in [3.63, 3.8) is 0 Å². The molecule has 0 unspecified atom stereocenters. The van der Waals surface area contributed by atoms with Crippen LogP contribution < -0.4 is 10.1 Å². The molecule has 0 spiro atoms. The van der Waals surface area contributed by atoms with E-state index in [4.69, 9.17) is 4.74 Å². The number of nitrogens with one attached hydrogen (secondary N) is 1. The van der Waals surface area contributed by atoms with Gasteiger partial charge in [-0.25, -0.2) is 0 Å². The molecule has 0 heterocycles. The lowest BCUT2D eigenvalue weighted by Crippen LogP contribution is -2.28. The normalized spacial score (nSPS) is 9.76. The maximum atomic E-state index is 11.6. The number of hydrogen-bond acceptors (Lipinski definition) is 3. The number of likely N-dealkylation sites (N-methyl/N-ethyl adjacent to an activating group) is 1. The van der Waals surface area contributed by atoms with E-state index in [-0.39, 0.29) is 18.3 Å².